The van der Waals surface area contributed by atoms with Gasteiger partial charge in [0.2, 0.25) is 0 Å². The van der Waals surface area contributed by atoms with Crippen molar-refractivity contribution in [3.8, 4) is 0 Å². The average molecular weight is 376 g/mol. The van der Waals surface area contributed by atoms with Gasteiger partial charge in [0, 0.05) is 21.6 Å². The number of nitrogens with one attached hydrogen (secondary N) is 1. The summed E-state index contributed by atoms with van der Waals surface area (Å²) >= 11 is 9.87. The third-order valence-corrected chi connectivity index (χ3v) is 5.04. The van der Waals surface area contributed by atoms with Gasteiger partial charge in [-0.25, -0.2) is 0 Å². The lowest BCUT2D eigenvalue weighted by Crippen LogP contribution is -2.36. The van der Waals surface area contributed by atoms with Crippen molar-refractivity contribution in [1.29, 1.82) is 0 Å². The summed E-state index contributed by atoms with van der Waals surface area (Å²) in [6, 6.07) is 7.05. The third kappa shape index (κ3) is 5.90. The van der Waals surface area contributed by atoms with E-state index in [0.29, 0.717) is 18.0 Å². The number of rotatable bonds is 8. The minimum absolute atomic E-state index is 0.303. The van der Waals surface area contributed by atoms with Crippen molar-refractivity contribution < 1.29 is 0 Å². The molecule has 4 heteroatoms. The van der Waals surface area contributed by atoms with E-state index in [2.05, 4.69) is 73.0 Å². The van der Waals surface area contributed by atoms with Crippen LogP contribution in [0.2, 0.25) is 5.02 Å². The Morgan fingerprint density at radius 2 is 1.95 bits per heavy atom. The summed E-state index contributed by atoms with van der Waals surface area (Å²) in [6.45, 7) is 11.0. The molecular weight excluding hydrogens is 348 g/mol. The van der Waals surface area contributed by atoms with Crippen molar-refractivity contribution in [3.63, 3.8) is 0 Å². The lowest BCUT2D eigenvalue weighted by Gasteiger charge is -2.30. The lowest BCUT2D eigenvalue weighted by atomic mass is 10.0. The quantitative estimate of drug-likeness (QED) is 0.678. The van der Waals surface area contributed by atoms with Crippen LogP contribution in [0.3, 0.4) is 0 Å². The maximum atomic E-state index is 6.40. The van der Waals surface area contributed by atoms with Crippen molar-refractivity contribution in [2.45, 2.75) is 46.2 Å². The lowest BCUT2D eigenvalue weighted by molar-refractivity contribution is 0.198. The molecule has 0 amide bonds. The highest BCUT2D eigenvalue weighted by Crippen LogP contribution is 2.28. The number of halogens is 2. The van der Waals surface area contributed by atoms with Gasteiger partial charge in [0.05, 0.1) is 0 Å². The summed E-state index contributed by atoms with van der Waals surface area (Å²) in [5.41, 5.74) is 1.19. The van der Waals surface area contributed by atoms with Crippen molar-refractivity contribution in [3.05, 3.63) is 33.3 Å². The van der Waals surface area contributed by atoms with Crippen molar-refractivity contribution in [2.75, 3.05) is 20.1 Å². The molecule has 0 aromatic heterocycles. The predicted octanol–water partition coefficient (Wildman–Crippen LogP) is 5.12. The van der Waals surface area contributed by atoms with Gasteiger partial charge in [0.25, 0.3) is 0 Å². The van der Waals surface area contributed by atoms with Crippen LogP contribution in [0.25, 0.3) is 0 Å². The molecule has 0 radical (unpaired) electrons. The average Bonchev–Trinajstić information content (AvgIpc) is 2.42. The molecule has 1 N–H and O–H groups in total. The first-order chi connectivity index (χ1) is 9.86. The van der Waals surface area contributed by atoms with Crippen LogP contribution < -0.4 is 5.32 Å². The fraction of sp³-hybridized carbons (Fsp3) is 0.647. The fourth-order valence-corrected chi connectivity index (χ4v) is 3.25. The molecule has 1 aromatic rings. The van der Waals surface area contributed by atoms with Gasteiger partial charge < -0.3 is 10.2 Å². The highest BCUT2D eigenvalue weighted by atomic mass is 79.9. The molecular formula is C17H28BrClN2. The van der Waals surface area contributed by atoms with E-state index in [1.54, 1.807) is 0 Å². The van der Waals surface area contributed by atoms with Gasteiger partial charge in [-0.15, -0.1) is 0 Å². The van der Waals surface area contributed by atoms with Crippen LogP contribution in [-0.2, 0) is 0 Å². The molecule has 120 valence electrons. The molecule has 0 saturated carbocycles. The van der Waals surface area contributed by atoms with Crippen LogP contribution in [0.15, 0.2) is 22.7 Å². The molecule has 0 aliphatic carbocycles. The second-order valence-electron chi connectivity index (χ2n) is 6.03. The normalized spacial score (nSPS) is 14.7. The van der Waals surface area contributed by atoms with E-state index in [9.17, 15) is 0 Å². The summed E-state index contributed by atoms with van der Waals surface area (Å²) < 4.78 is 1.03. The predicted molar refractivity (Wildman–Crippen MR) is 97.1 cm³/mol. The van der Waals surface area contributed by atoms with E-state index in [4.69, 9.17) is 11.6 Å². The smallest absolute Gasteiger partial charge is 0.0465 e. The number of hydrogen-bond donors (Lipinski definition) is 1. The zero-order chi connectivity index (χ0) is 16.0. The summed E-state index contributed by atoms with van der Waals surface area (Å²) in [6.07, 6.45) is 1.06. The maximum Gasteiger partial charge on any atom is 0.0465 e. The van der Waals surface area contributed by atoms with Gasteiger partial charge in [-0.1, -0.05) is 54.4 Å². The van der Waals surface area contributed by atoms with Gasteiger partial charge in [0.1, 0.15) is 0 Å². The largest absolute Gasteiger partial charge is 0.310 e. The Morgan fingerprint density at radius 3 is 2.48 bits per heavy atom. The topological polar surface area (TPSA) is 15.3 Å². The van der Waals surface area contributed by atoms with E-state index in [0.717, 1.165) is 29.0 Å². The number of benzene rings is 1. The molecule has 2 atom stereocenters. The molecule has 0 fully saturated rings. The molecule has 0 saturated heterocycles. The zero-order valence-corrected chi connectivity index (χ0v) is 16.1. The summed E-state index contributed by atoms with van der Waals surface area (Å²) in [4.78, 5) is 2.43. The van der Waals surface area contributed by atoms with Crippen LogP contribution in [0.5, 0.6) is 0 Å². The Balaban J connectivity index is 2.74. The van der Waals surface area contributed by atoms with E-state index < -0.39 is 0 Å². The minimum atomic E-state index is 0.303. The summed E-state index contributed by atoms with van der Waals surface area (Å²) in [5.74, 6) is 0.670. The molecule has 0 aliphatic heterocycles. The summed E-state index contributed by atoms with van der Waals surface area (Å²) in [7, 11) is 2.21. The maximum absolute atomic E-state index is 6.40. The molecule has 0 aliphatic rings. The van der Waals surface area contributed by atoms with Crippen molar-refractivity contribution >= 4 is 27.5 Å². The second kappa shape index (κ2) is 9.14. The third-order valence-electron chi connectivity index (χ3n) is 4.22. The second-order valence-corrected chi connectivity index (χ2v) is 7.35. The van der Waals surface area contributed by atoms with E-state index in [1.807, 2.05) is 6.07 Å². The standard InChI is InChI=1S/C17H28BrClN2/c1-6-20-17(9-10-21(5)13(4)12(2)3)15-8-7-14(18)11-16(15)19/h7-8,11-13,17,20H,6,9-10H2,1-5H3. The van der Waals surface area contributed by atoms with Crippen LogP contribution >= 0.6 is 27.5 Å². The molecule has 21 heavy (non-hydrogen) atoms. The molecule has 0 bridgehead atoms. The van der Waals surface area contributed by atoms with Gasteiger partial charge in [-0.2, -0.15) is 0 Å². The van der Waals surface area contributed by atoms with Gasteiger partial charge in [0.15, 0.2) is 0 Å². The van der Waals surface area contributed by atoms with E-state index >= 15 is 0 Å². The molecule has 1 aromatic carbocycles. The van der Waals surface area contributed by atoms with Crippen LogP contribution in [0, 0.1) is 5.92 Å². The van der Waals surface area contributed by atoms with Crippen LogP contribution in [-0.4, -0.2) is 31.1 Å². The van der Waals surface area contributed by atoms with Crippen LogP contribution in [0.4, 0.5) is 0 Å². The minimum Gasteiger partial charge on any atom is -0.310 e. The Kier molecular flexibility index (Phi) is 8.25. The van der Waals surface area contributed by atoms with Crippen molar-refractivity contribution in [1.82, 2.24) is 10.2 Å². The first-order valence-corrected chi connectivity index (χ1v) is 8.92. The molecule has 2 unspecified atom stereocenters. The monoisotopic (exact) mass is 374 g/mol. The first-order valence-electron chi connectivity index (χ1n) is 7.75. The Hall–Kier alpha value is -0.0900. The number of hydrogen-bond acceptors (Lipinski definition) is 2. The van der Waals surface area contributed by atoms with Crippen LogP contribution in [0.1, 0.15) is 45.7 Å². The van der Waals surface area contributed by atoms with Gasteiger partial charge in [-0.05, 0) is 57.1 Å². The molecule has 2 nitrogen and oxygen atoms in total. The van der Waals surface area contributed by atoms with E-state index in [1.165, 1.54) is 5.56 Å². The SMILES string of the molecule is CCNC(CCN(C)C(C)C(C)C)c1ccc(Br)cc1Cl. The highest BCUT2D eigenvalue weighted by molar-refractivity contribution is 9.10. The molecule has 0 heterocycles. The Morgan fingerprint density at radius 1 is 1.29 bits per heavy atom. The summed E-state index contributed by atoms with van der Waals surface area (Å²) in [5, 5.41) is 4.38. The number of nitrogens with zero attached hydrogens (tertiary/aromatic N) is 1. The Labute approximate surface area is 143 Å². The first kappa shape index (κ1) is 19.0. The van der Waals surface area contributed by atoms with Gasteiger partial charge in [-0.3, -0.25) is 0 Å². The highest BCUT2D eigenvalue weighted by Gasteiger charge is 2.18. The molecule has 0 spiro atoms. The fourth-order valence-electron chi connectivity index (χ4n) is 2.44. The van der Waals surface area contributed by atoms with Crippen molar-refractivity contribution in [2.24, 2.45) is 5.92 Å². The van der Waals surface area contributed by atoms with Gasteiger partial charge >= 0.3 is 0 Å². The van der Waals surface area contributed by atoms with E-state index in [-0.39, 0.29) is 0 Å². The zero-order valence-electron chi connectivity index (χ0n) is 13.8. The Bertz CT molecular complexity index is 437. The molecule has 1 rings (SSSR count).